The summed E-state index contributed by atoms with van der Waals surface area (Å²) < 4.78 is 5.26. The van der Waals surface area contributed by atoms with E-state index in [9.17, 15) is 4.79 Å². The van der Waals surface area contributed by atoms with E-state index in [0.717, 1.165) is 6.42 Å². The number of anilines is 2. The molecule has 0 bridgehead atoms. The summed E-state index contributed by atoms with van der Waals surface area (Å²) in [4.78, 5) is 15.5. The van der Waals surface area contributed by atoms with Crippen molar-refractivity contribution >= 4 is 29.0 Å². The van der Waals surface area contributed by atoms with Crippen LogP contribution in [0.2, 0.25) is 0 Å². The Bertz CT molecular complexity index is 703. The first-order valence-electron chi connectivity index (χ1n) is 7.41. The van der Waals surface area contributed by atoms with Gasteiger partial charge in [-0.25, -0.2) is 4.98 Å². The topological polar surface area (TPSA) is 142 Å². The maximum absolute atomic E-state index is 11.6. The van der Waals surface area contributed by atoms with Crippen molar-refractivity contribution in [2.24, 2.45) is 16.0 Å². The second kappa shape index (κ2) is 9.90. The second-order valence-electron chi connectivity index (χ2n) is 4.53. The predicted molar refractivity (Wildman–Crippen MR) is 94.3 cm³/mol. The van der Waals surface area contributed by atoms with Crippen molar-refractivity contribution in [1.82, 2.24) is 4.98 Å². The maximum atomic E-state index is 11.6. The van der Waals surface area contributed by atoms with Gasteiger partial charge >= 0.3 is 5.97 Å². The lowest BCUT2D eigenvalue weighted by molar-refractivity contribution is -0.134. The van der Waals surface area contributed by atoms with E-state index in [2.05, 4.69) is 20.9 Å². The van der Waals surface area contributed by atoms with Crippen LogP contribution in [0.1, 0.15) is 19.8 Å². The molecule has 24 heavy (non-hydrogen) atoms. The molecule has 0 atom stereocenters. The first-order valence-corrected chi connectivity index (χ1v) is 7.41. The minimum atomic E-state index is -0.307. The molecule has 1 heterocycles. The van der Waals surface area contributed by atoms with Gasteiger partial charge in [0.05, 0.1) is 0 Å². The van der Waals surface area contributed by atoms with Crippen molar-refractivity contribution in [1.29, 1.82) is 0 Å². The van der Waals surface area contributed by atoms with Crippen LogP contribution in [0.3, 0.4) is 0 Å². The van der Waals surface area contributed by atoms with Crippen molar-refractivity contribution in [2.75, 3.05) is 18.5 Å². The number of para-hydroxylation sites is 1. The number of nitrogens with zero attached hydrogens (tertiary/aromatic N) is 3. The van der Waals surface area contributed by atoms with Gasteiger partial charge in [0.1, 0.15) is 17.2 Å². The molecular weight excluding hydrogens is 308 g/mol. The molecular formula is C16H22N6O2. The number of carbonyl (C=O) groups is 1. The zero-order chi connectivity index (χ0) is 17.9. The summed E-state index contributed by atoms with van der Waals surface area (Å²) in [5, 5.41) is 8.09. The molecule has 8 nitrogen and oxygen atoms in total. The van der Waals surface area contributed by atoms with Gasteiger partial charge in [-0.05, 0) is 37.7 Å². The van der Waals surface area contributed by atoms with Crippen molar-refractivity contribution in [3.05, 3.63) is 36.4 Å². The number of pyridine rings is 1. The number of aromatic nitrogens is 1. The Balaban J connectivity index is 0.00000139. The first kappa shape index (κ1) is 19.0. The first-order chi connectivity index (χ1) is 11.6. The second-order valence-corrected chi connectivity index (χ2v) is 4.53. The lowest BCUT2D eigenvalue weighted by Gasteiger charge is -2.05. The van der Waals surface area contributed by atoms with Gasteiger partial charge < -0.3 is 21.9 Å². The van der Waals surface area contributed by atoms with Gasteiger partial charge in [0, 0.05) is 6.42 Å². The largest absolute Gasteiger partial charge is 0.424 e. The molecule has 8 heteroatoms. The van der Waals surface area contributed by atoms with E-state index < -0.39 is 0 Å². The van der Waals surface area contributed by atoms with Gasteiger partial charge in [0.2, 0.25) is 0 Å². The molecule has 1 aromatic heterocycles. The summed E-state index contributed by atoms with van der Waals surface area (Å²) in [5.74, 6) is 0.542. The third-order valence-corrected chi connectivity index (χ3v) is 2.73. The van der Waals surface area contributed by atoms with Crippen LogP contribution < -0.4 is 21.9 Å². The van der Waals surface area contributed by atoms with E-state index in [0.29, 0.717) is 29.4 Å². The molecule has 0 aliphatic rings. The number of benzene rings is 1. The Morgan fingerprint density at radius 1 is 1.08 bits per heavy atom. The van der Waals surface area contributed by atoms with Crippen molar-refractivity contribution in [3.63, 3.8) is 0 Å². The lowest BCUT2D eigenvalue weighted by atomic mass is 10.3. The fourth-order valence-electron chi connectivity index (χ4n) is 1.68. The number of carbonyl (C=O) groups excluding carboxylic acids is 1. The molecule has 0 aliphatic carbocycles. The summed E-state index contributed by atoms with van der Waals surface area (Å²) in [6.45, 7) is 1.91. The molecule has 0 aliphatic heterocycles. The molecule has 0 amide bonds. The number of ether oxygens (including phenoxy) is 1. The predicted octanol–water partition coefficient (Wildman–Crippen LogP) is 2.94. The Morgan fingerprint density at radius 2 is 1.75 bits per heavy atom. The molecule has 0 unspecified atom stereocenters. The Labute approximate surface area is 140 Å². The zero-order valence-corrected chi connectivity index (χ0v) is 13.8. The molecule has 2 rings (SSSR count). The van der Waals surface area contributed by atoms with Gasteiger partial charge in [0.25, 0.3) is 0 Å². The summed E-state index contributed by atoms with van der Waals surface area (Å²) >= 11 is 0. The third-order valence-electron chi connectivity index (χ3n) is 2.73. The molecule has 0 fully saturated rings. The number of hydrogen-bond donors (Lipinski definition) is 3. The van der Waals surface area contributed by atoms with Crippen LogP contribution in [-0.4, -0.2) is 18.0 Å². The van der Waals surface area contributed by atoms with Crippen LogP contribution in [0, 0.1) is 0 Å². The summed E-state index contributed by atoms with van der Waals surface area (Å²) in [5.41, 5.74) is 16.6. The van der Waals surface area contributed by atoms with Crippen molar-refractivity contribution in [2.45, 2.75) is 19.8 Å². The molecule has 6 N–H and O–H groups in total. The van der Waals surface area contributed by atoms with Crippen LogP contribution in [0.4, 0.5) is 23.0 Å². The molecule has 0 saturated heterocycles. The van der Waals surface area contributed by atoms with Crippen molar-refractivity contribution < 1.29 is 9.53 Å². The van der Waals surface area contributed by atoms with Gasteiger partial charge in [-0.3, -0.25) is 4.79 Å². The van der Waals surface area contributed by atoms with Crippen LogP contribution in [0.15, 0.2) is 46.6 Å². The van der Waals surface area contributed by atoms with Crippen LogP contribution in [-0.2, 0) is 4.79 Å². The van der Waals surface area contributed by atoms with E-state index in [1.807, 2.05) is 6.92 Å². The summed E-state index contributed by atoms with van der Waals surface area (Å²) in [7, 11) is 1.50. The Kier molecular flexibility index (Phi) is 7.86. The number of esters is 1. The standard InChI is InChI=1S/C15H17N5O2.CH5N/c1-2-5-14(21)22-12-7-4-3-6-10(12)19-20-11-8-9-13(16)18-15(11)17;1-2/h3-4,6-9H,2,5H2,1H3,(H4,16,17,18);2H2,1H3. The molecule has 2 aromatic rings. The van der Waals surface area contributed by atoms with Gasteiger partial charge in [-0.2, -0.15) is 0 Å². The van der Waals surface area contributed by atoms with Crippen LogP contribution >= 0.6 is 0 Å². The monoisotopic (exact) mass is 330 g/mol. The van der Waals surface area contributed by atoms with E-state index in [-0.39, 0.29) is 11.8 Å². The van der Waals surface area contributed by atoms with Crippen LogP contribution in [0.5, 0.6) is 5.75 Å². The smallest absolute Gasteiger partial charge is 0.311 e. The van der Waals surface area contributed by atoms with E-state index in [4.69, 9.17) is 16.2 Å². The van der Waals surface area contributed by atoms with Gasteiger partial charge in [-0.15, -0.1) is 10.2 Å². The van der Waals surface area contributed by atoms with E-state index in [1.165, 1.54) is 7.05 Å². The molecule has 1 aromatic carbocycles. The van der Waals surface area contributed by atoms with Gasteiger partial charge in [-0.1, -0.05) is 19.1 Å². The quantitative estimate of drug-likeness (QED) is 0.437. The Morgan fingerprint density at radius 3 is 2.42 bits per heavy atom. The molecule has 0 saturated carbocycles. The Hall–Kier alpha value is -3.00. The van der Waals surface area contributed by atoms with Gasteiger partial charge in [0.15, 0.2) is 11.6 Å². The number of nitrogen functional groups attached to an aromatic ring is 2. The number of azo groups is 1. The maximum Gasteiger partial charge on any atom is 0.311 e. The highest BCUT2D eigenvalue weighted by atomic mass is 16.5. The minimum Gasteiger partial charge on any atom is -0.424 e. The molecule has 0 radical (unpaired) electrons. The third kappa shape index (κ3) is 5.65. The SMILES string of the molecule is CCCC(=O)Oc1ccccc1N=Nc1ccc(N)nc1N.CN. The highest BCUT2D eigenvalue weighted by molar-refractivity contribution is 5.74. The average molecular weight is 330 g/mol. The fraction of sp³-hybridized carbons (Fsp3) is 0.250. The summed E-state index contributed by atoms with van der Waals surface area (Å²) in [6, 6.07) is 10.1. The highest BCUT2D eigenvalue weighted by Gasteiger charge is 2.08. The zero-order valence-electron chi connectivity index (χ0n) is 13.8. The number of nitrogens with two attached hydrogens (primary N) is 3. The normalized spacial score (nSPS) is 10.1. The minimum absolute atomic E-state index is 0.184. The molecule has 128 valence electrons. The van der Waals surface area contributed by atoms with Crippen molar-refractivity contribution in [3.8, 4) is 5.75 Å². The fourth-order valence-corrected chi connectivity index (χ4v) is 1.68. The summed E-state index contributed by atoms with van der Waals surface area (Å²) in [6.07, 6.45) is 1.07. The number of hydrogen-bond acceptors (Lipinski definition) is 8. The highest BCUT2D eigenvalue weighted by Crippen LogP contribution is 2.30. The van der Waals surface area contributed by atoms with E-state index >= 15 is 0 Å². The number of rotatable bonds is 5. The van der Waals surface area contributed by atoms with Crippen LogP contribution in [0.25, 0.3) is 0 Å². The van der Waals surface area contributed by atoms with E-state index in [1.54, 1.807) is 36.4 Å². The molecule has 0 spiro atoms. The lowest BCUT2D eigenvalue weighted by Crippen LogP contribution is -2.06. The average Bonchev–Trinajstić information content (AvgIpc) is 2.57.